The van der Waals surface area contributed by atoms with Gasteiger partial charge in [-0.1, -0.05) is 11.6 Å². The van der Waals surface area contributed by atoms with Crippen LogP contribution in [0.25, 0.3) is 0 Å². The number of ether oxygens (including phenoxy) is 1. The van der Waals surface area contributed by atoms with Crippen LogP contribution in [0.5, 0.6) is 5.75 Å². The van der Waals surface area contributed by atoms with Gasteiger partial charge < -0.3 is 15.1 Å². The molecule has 3 rings (SSSR count). The van der Waals surface area contributed by atoms with E-state index in [1.165, 1.54) is 23.9 Å². The Bertz CT molecular complexity index is 1150. The van der Waals surface area contributed by atoms with E-state index in [-0.39, 0.29) is 16.2 Å². The summed E-state index contributed by atoms with van der Waals surface area (Å²) in [5, 5.41) is 19.3. The predicted octanol–water partition coefficient (Wildman–Crippen LogP) is 6.59. The van der Waals surface area contributed by atoms with Crippen molar-refractivity contribution in [3.8, 4) is 5.75 Å². The molecule has 0 aliphatic carbocycles. The molecular weight excluding hydrogens is 470 g/mol. The second kappa shape index (κ2) is 12.3. The number of hydrogen-bond acceptors (Lipinski definition) is 7. The van der Waals surface area contributed by atoms with Gasteiger partial charge in [-0.25, -0.2) is 0 Å². The molecule has 0 fully saturated rings. The Kier molecular flexibility index (Phi) is 9.70. The summed E-state index contributed by atoms with van der Waals surface area (Å²) in [7, 11) is 6.39. The molecule has 0 bridgehead atoms. The normalized spacial score (nSPS) is 11.2. The smallest absolute Gasteiger partial charge is 0.271 e. The molecule has 0 saturated heterocycles. The minimum Gasteiger partial charge on any atom is -0.870 e. The average molecular weight is 500 g/mol. The number of halogens is 1. The standard InChI is InChI=1S/C25H29ClN5O3.H2O/c1-5-29(16-17-34-23-13-11-22(12-14-23)31(2,3)4)20-8-6-19(7-9-20)27-28-25-15-10-21(30(32)33)18-24(25)26;/h6-15,18H,5,16-17H2,1-4H3;1H2/q+1;/p-1. The maximum atomic E-state index is 10.8. The van der Waals surface area contributed by atoms with Crippen LogP contribution in [0.3, 0.4) is 0 Å². The molecule has 0 heterocycles. The lowest BCUT2D eigenvalue weighted by Gasteiger charge is -2.24. The van der Waals surface area contributed by atoms with Crippen molar-refractivity contribution >= 4 is 40.0 Å². The Hall–Kier alpha value is -3.53. The number of rotatable bonds is 10. The molecule has 3 aromatic carbocycles. The number of quaternary nitrogens is 1. The lowest BCUT2D eigenvalue weighted by molar-refractivity contribution is -0.384. The van der Waals surface area contributed by atoms with Gasteiger partial charge in [-0.2, -0.15) is 5.11 Å². The Labute approximate surface area is 210 Å². The molecule has 0 aliphatic rings. The zero-order valence-corrected chi connectivity index (χ0v) is 21.0. The van der Waals surface area contributed by atoms with Crippen LogP contribution in [0.1, 0.15) is 6.92 Å². The second-order valence-electron chi connectivity index (χ2n) is 8.54. The molecule has 35 heavy (non-hydrogen) atoms. The molecular formula is C25H30ClN5O4. The largest absolute Gasteiger partial charge is 0.870 e. The van der Waals surface area contributed by atoms with E-state index in [4.69, 9.17) is 16.3 Å². The molecule has 186 valence electrons. The van der Waals surface area contributed by atoms with Gasteiger partial charge >= 0.3 is 0 Å². The minimum atomic E-state index is -0.502. The number of benzene rings is 3. The first-order valence-electron chi connectivity index (χ1n) is 10.9. The monoisotopic (exact) mass is 499 g/mol. The topological polar surface area (TPSA) is 110 Å². The lowest BCUT2D eigenvalue weighted by Crippen LogP contribution is -2.34. The van der Waals surface area contributed by atoms with Gasteiger partial charge in [0.1, 0.15) is 23.7 Å². The Morgan fingerprint density at radius 2 is 1.66 bits per heavy atom. The van der Waals surface area contributed by atoms with Crippen LogP contribution < -0.4 is 14.1 Å². The number of nitro benzene ring substituents is 1. The van der Waals surface area contributed by atoms with E-state index in [1.54, 1.807) is 0 Å². The summed E-state index contributed by atoms with van der Waals surface area (Å²) < 4.78 is 6.70. The van der Waals surface area contributed by atoms with E-state index < -0.39 is 4.92 Å². The SMILES string of the molecule is CCN(CCOc1ccc([N+](C)(C)C)cc1)c1ccc(N=Nc2ccc([N+](=O)[O-])cc2Cl)cc1.[OH-]. The van der Waals surface area contributed by atoms with E-state index in [0.29, 0.717) is 18.0 Å². The Morgan fingerprint density at radius 1 is 1.00 bits per heavy atom. The molecule has 0 atom stereocenters. The number of non-ortho nitro benzene ring substituents is 1. The summed E-state index contributed by atoms with van der Waals surface area (Å²) in [6.45, 7) is 4.24. The summed E-state index contributed by atoms with van der Waals surface area (Å²) >= 11 is 6.07. The fraction of sp³-hybridized carbons (Fsp3) is 0.280. The maximum absolute atomic E-state index is 10.8. The van der Waals surface area contributed by atoms with E-state index in [1.807, 2.05) is 36.4 Å². The van der Waals surface area contributed by atoms with Crippen molar-refractivity contribution in [3.05, 3.63) is 81.9 Å². The number of likely N-dealkylation sites (N-methyl/N-ethyl adjacent to an activating group) is 1. The van der Waals surface area contributed by atoms with Gasteiger partial charge in [-0.3, -0.25) is 14.6 Å². The first-order chi connectivity index (χ1) is 16.2. The van der Waals surface area contributed by atoms with Gasteiger partial charge in [0.15, 0.2) is 0 Å². The van der Waals surface area contributed by atoms with Crippen molar-refractivity contribution in [1.29, 1.82) is 0 Å². The molecule has 9 nitrogen and oxygen atoms in total. The summed E-state index contributed by atoms with van der Waals surface area (Å²) in [5.74, 6) is 0.855. The van der Waals surface area contributed by atoms with Crippen molar-refractivity contribution in [2.24, 2.45) is 10.2 Å². The van der Waals surface area contributed by atoms with Crippen LogP contribution in [0, 0.1) is 10.1 Å². The molecule has 0 amide bonds. The number of azo groups is 1. The van der Waals surface area contributed by atoms with Crippen LogP contribution in [0.15, 0.2) is 77.0 Å². The number of nitrogens with zero attached hydrogens (tertiary/aromatic N) is 5. The molecule has 0 saturated carbocycles. The van der Waals surface area contributed by atoms with Crippen LogP contribution in [0.2, 0.25) is 5.02 Å². The van der Waals surface area contributed by atoms with Crippen LogP contribution in [0.4, 0.5) is 28.4 Å². The van der Waals surface area contributed by atoms with Gasteiger partial charge in [0, 0.05) is 36.5 Å². The molecule has 10 heteroatoms. The second-order valence-corrected chi connectivity index (χ2v) is 8.95. The highest BCUT2D eigenvalue weighted by atomic mass is 35.5. The Balaban J connectivity index is 0.00000432. The van der Waals surface area contributed by atoms with Crippen molar-refractivity contribution in [3.63, 3.8) is 0 Å². The summed E-state index contributed by atoms with van der Waals surface area (Å²) in [6, 6.07) is 20.0. The summed E-state index contributed by atoms with van der Waals surface area (Å²) in [6.07, 6.45) is 0. The molecule has 0 aromatic heterocycles. The highest BCUT2D eigenvalue weighted by molar-refractivity contribution is 6.33. The third kappa shape index (κ3) is 7.74. The van der Waals surface area contributed by atoms with Crippen LogP contribution in [-0.4, -0.2) is 51.2 Å². The number of anilines is 1. The van der Waals surface area contributed by atoms with Gasteiger partial charge in [0.2, 0.25) is 0 Å². The fourth-order valence-electron chi connectivity index (χ4n) is 3.27. The summed E-state index contributed by atoms with van der Waals surface area (Å²) in [4.78, 5) is 12.5. The molecule has 0 unspecified atom stereocenters. The van der Waals surface area contributed by atoms with E-state index in [2.05, 4.69) is 55.3 Å². The highest BCUT2D eigenvalue weighted by Gasteiger charge is 2.12. The quantitative estimate of drug-likeness (QED) is 0.135. The van der Waals surface area contributed by atoms with E-state index in [9.17, 15) is 10.1 Å². The van der Waals surface area contributed by atoms with Gasteiger partial charge in [0.05, 0.1) is 43.3 Å². The number of hydrogen-bond donors (Lipinski definition) is 0. The van der Waals surface area contributed by atoms with Crippen molar-refractivity contribution in [2.75, 3.05) is 45.7 Å². The third-order valence-corrected chi connectivity index (χ3v) is 5.56. The zero-order chi connectivity index (χ0) is 24.7. The molecule has 3 aromatic rings. The highest BCUT2D eigenvalue weighted by Crippen LogP contribution is 2.30. The van der Waals surface area contributed by atoms with Crippen LogP contribution >= 0.6 is 11.6 Å². The molecule has 0 aliphatic heterocycles. The zero-order valence-electron chi connectivity index (χ0n) is 20.3. The van der Waals surface area contributed by atoms with Crippen LogP contribution in [-0.2, 0) is 0 Å². The molecule has 0 radical (unpaired) electrons. The van der Waals surface area contributed by atoms with Crippen molar-refractivity contribution in [2.45, 2.75) is 6.92 Å². The van der Waals surface area contributed by atoms with Crippen molar-refractivity contribution < 1.29 is 15.1 Å². The predicted molar refractivity (Wildman–Crippen MR) is 140 cm³/mol. The number of nitro groups is 1. The van der Waals surface area contributed by atoms with Gasteiger partial charge in [0.25, 0.3) is 5.69 Å². The molecule has 1 N–H and O–H groups in total. The third-order valence-electron chi connectivity index (χ3n) is 5.25. The van der Waals surface area contributed by atoms with Gasteiger partial charge in [-0.15, -0.1) is 5.11 Å². The van der Waals surface area contributed by atoms with E-state index in [0.717, 1.165) is 29.0 Å². The average Bonchev–Trinajstić information content (AvgIpc) is 2.81. The Morgan fingerprint density at radius 3 is 2.20 bits per heavy atom. The lowest BCUT2D eigenvalue weighted by atomic mass is 10.2. The first kappa shape index (κ1) is 27.7. The fourth-order valence-corrected chi connectivity index (χ4v) is 3.48. The first-order valence-corrected chi connectivity index (χ1v) is 11.3. The summed E-state index contributed by atoms with van der Waals surface area (Å²) in [5.41, 5.74) is 3.22. The molecule has 0 spiro atoms. The minimum absolute atomic E-state index is 0. The maximum Gasteiger partial charge on any atom is 0.271 e. The van der Waals surface area contributed by atoms with E-state index >= 15 is 0 Å². The van der Waals surface area contributed by atoms with Crippen molar-refractivity contribution in [1.82, 2.24) is 4.48 Å². The van der Waals surface area contributed by atoms with Gasteiger partial charge in [-0.05, 0) is 49.4 Å².